The Morgan fingerprint density at radius 2 is 1.47 bits per heavy atom. The van der Waals surface area contributed by atoms with Crippen molar-refractivity contribution >= 4 is 93.9 Å². The van der Waals surface area contributed by atoms with E-state index in [9.17, 15) is 19.2 Å². The molecule has 3 aromatic rings. The SMILES string of the molecule is O=C(CCCC[C@@H]1SCC2NC(=O)NC21)N[C@@H](Cc1ccccc1)C(=O)N1C/C(=C\c2ccc(Cl)c(Cl)c2)C(=O)/C(=C/c2ccc(Cl)c(Cl)c2)C1. The summed E-state index contributed by atoms with van der Waals surface area (Å²) in [7, 11) is 0. The van der Waals surface area contributed by atoms with Crippen molar-refractivity contribution in [3.05, 3.63) is 115 Å². The summed E-state index contributed by atoms with van der Waals surface area (Å²) in [6.07, 6.45) is 6.31. The zero-order valence-corrected chi connectivity index (χ0v) is 31.3. The van der Waals surface area contributed by atoms with Crippen molar-refractivity contribution in [3.63, 3.8) is 0 Å². The fourth-order valence-electron chi connectivity index (χ4n) is 6.61. The van der Waals surface area contributed by atoms with Crippen molar-refractivity contribution < 1.29 is 19.2 Å². The minimum atomic E-state index is -0.864. The van der Waals surface area contributed by atoms with E-state index in [1.54, 1.807) is 53.5 Å². The summed E-state index contributed by atoms with van der Waals surface area (Å²) in [4.78, 5) is 55.0. The smallest absolute Gasteiger partial charge is 0.315 e. The van der Waals surface area contributed by atoms with Crippen LogP contribution < -0.4 is 16.0 Å². The van der Waals surface area contributed by atoms with Crippen molar-refractivity contribution in [3.8, 4) is 0 Å². The Labute approximate surface area is 321 Å². The van der Waals surface area contributed by atoms with Crippen molar-refractivity contribution in [2.75, 3.05) is 18.8 Å². The molecular formula is C38H36Cl4N4O4S. The van der Waals surface area contributed by atoms with Crippen LogP contribution in [0.15, 0.2) is 77.9 Å². The number of carbonyl (C=O) groups is 4. The van der Waals surface area contributed by atoms with Crippen LogP contribution in [0.3, 0.4) is 0 Å². The molecule has 3 fully saturated rings. The van der Waals surface area contributed by atoms with Gasteiger partial charge in [0.2, 0.25) is 11.8 Å². The number of likely N-dealkylation sites (tertiary alicyclic amines) is 1. The topological polar surface area (TPSA) is 108 Å². The van der Waals surface area contributed by atoms with Gasteiger partial charge >= 0.3 is 6.03 Å². The molecule has 13 heteroatoms. The number of unbranched alkanes of at least 4 members (excludes halogenated alkanes) is 1. The second kappa shape index (κ2) is 16.9. The highest BCUT2D eigenvalue weighted by atomic mass is 35.5. The molecule has 3 heterocycles. The van der Waals surface area contributed by atoms with Crippen molar-refractivity contribution in [2.24, 2.45) is 0 Å². The van der Waals surface area contributed by atoms with Gasteiger partial charge < -0.3 is 20.9 Å². The van der Waals surface area contributed by atoms with Gasteiger partial charge in [-0.25, -0.2) is 4.79 Å². The van der Waals surface area contributed by atoms with Gasteiger partial charge in [-0.15, -0.1) is 0 Å². The predicted molar refractivity (Wildman–Crippen MR) is 206 cm³/mol. The Kier molecular flexibility index (Phi) is 12.4. The Balaban J connectivity index is 1.20. The Hall–Kier alpha value is -3.47. The first-order chi connectivity index (χ1) is 24.5. The van der Waals surface area contributed by atoms with Crippen molar-refractivity contribution in [1.82, 2.24) is 20.9 Å². The van der Waals surface area contributed by atoms with Crippen LogP contribution in [-0.2, 0) is 20.8 Å². The van der Waals surface area contributed by atoms with E-state index in [0.717, 1.165) is 24.2 Å². The predicted octanol–water partition coefficient (Wildman–Crippen LogP) is 7.63. The van der Waals surface area contributed by atoms with Crippen LogP contribution in [-0.4, -0.2) is 70.7 Å². The maximum atomic E-state index is 14.4. The normalized spacial score (nSPS) is 22.1. The van der Waals surface area contributed by atoms with Gasteiger partial charge in [0.15, 0.2) is 5.78 Å². The van der Waals surface area contributed by atoms with Crippen LogP contribution in [0, 0.1) is 0 Å². The molecular weight excluding hydrogens is 750 g/mol. The van der Waals surface area contributed by atoms with Crippen LogP contribution in [0.2, 0.25) is 20.1 Å². The van der Waals surface area contributed by atoms with E-state index >= 15 is 0 Å². The van der Waals surface area contributed by atoms with Gasteiger partial charge in [-0.05, 0) is 65.9 Å². The van der Waals surface area contributed by atoms with Crippen LogP contribution in [0.1, 0.15) is 42.4 Å². The number of piperidine rings is 1. The van der Waals surface area contributed by atoms with Gasteiger partial charge in [0.1, 0.15) is 6.04 Å². The molecule has 4 atom stereocenters. The Morgan fingerprint density at radius 3 is 2.08 bits per heavy atom. The third kappa shape index (κ3) is 9.50. The summed E-state index contributed by atoms with van der Waals surface area (Å²) in [6, 6.07) is 18.9. The highest BCUT2D eigenvalue weighted by molar-refractivity contribution is 8.00. The first kappa shape index (κ1) is 37.3. The number of nitrogens with zero attached hydrogens (tertiary/aromatic N) is 1. The van der Waals surface area contributed by atoms with Gasteiger partial charge in [-0.3, -0.25) is 14.4 Å². The number of hydrogen-bond acceptors (Lipinski definition) is 5. The molecule has 51 heavy (non-hydrogen) atoms. The number of ketones is 1. The molecule has 3 aliphatic rings. The zero-order chi connectivity index (χ0) is 36.1. The number of hydrogen-bond donors (Lipinski definition) is 3. The number of Topliss-reactive ketones (excluding diaryl/α,β-unsaturated/α-hetero) is 1. The molecule has 2 unspecified atom stereocenters. The number of rotatable bonds is 11. The Bertz CT molecular complexity index is 1820. The third-order valence-electron chi connectivity index (χ3n) is 9.18. The average Bonchev–Trinajstić information content (AvgIpc) is 3.67. The monoisotopic (exact) mass is 784 g/mol. The lowest BCUT2D eigenvalue weighted by Gasteiger charge is -2.33. The number of thioether (sulfide) groups is 1. The highest BCUT2D eigenvalue weighted by Gasteiger charge is 2.42. The van der Waals surface area contributed by atoms with Crippen molar-refractivity contribution in [2.45, 2.75) is 55.5 Å². The van der Waals surface area contributed by atoms with Gasteiger partial charge in [0, 0.05) is 48.1 Å². The standard InChI is InChI=1S/C38H36Cl4N4O4S/c39-27-12-10-23(16-29(27)41)14-25-19-46(20-26(36(25)48)15-24-11-13-28(40)30(42)17-24)37(49)31(18-22-6-2-1-3-7-22)43-34(47)9-5-4-8-33-35-32(21-51-33)44-38(50)45-35/h1-3,6-7,10-17,31-33,35H,4-5,8-9,18-21H2,(H,43,47)(H2,44,45,50)/b25-14+,26-15+/t31-,32?,33-,35?/m0/s1. The number of nitrogens with one attached hydrogen (secondary N) is 3. The molecule has 3 aliphatic heterocycles. The van der Waals surface area contributed by atoms with Crippen molar-refractivity contribution in [1.29, 1.82) is 0 Å². The summed E-state index contributed by atoms with van der Waals surface area (Å²) in [5, 5.41) is 10.7. The fraction of sp³-hybridized carbons (Fsp3) is 0.316. The summed E-state index contributed by atoms with van der Waals surface area (Å²) < 4.78 is 0. The number of urea groups is 1. The van der Waals surface area contributed by atoms with E-state index in [-0.39, 0.29) is 61.6 Å². The quantitative estimate of drug-likeness (QED) is 0.105. The van der Waals surface area contributed by atoms with Gasteiger partial charge in [0.25, 0.3) is 0 Å². The van der Waals surface area contributed by atoms with Gasteiger partial charge in [-0.1, -0.05) is 95.3 Å². The lowest BCUT2D eigenvalue weighted by molar-refractivity contribution is -0.136. The van der Waals surface area contributed by atoms with E-state index < -0.39 is 6.04 Å². The third-order valence-corrected chi connectivity index (χ3v) is 12.2. The van der Waals surface area contributed by atoms with Gasteiger partial charge in [-0.2, -0.15) is 11.8 Å². The molecule has 0 spiro atoms. The first-order valence-corrected chi connectivity index (χ1v) is 19.3. The van der Waals surface area contributed by atoms with E-state index in [2.05, 4.69) is 16.0 Å². The maximum Gasteiger partial charge on any atom is 0.315 e. The second-order valence-corrected chi connectivity index (χ2v) is 15.8. The molecule has 6 rings (SSSR count). The van der Waals surface area contributed by atoms with Crippen LogP contribution in [0.5, 0.6) is 0 Å². The molecule has 0 radical (unpaired) electrons. The van der Waals surface area contributed by atoms with Crippen LogP contribution in [0.4, 0.5) is 4.79 Å². The molecule has 8 nitrogen and oxygen atoms in total. The van der Waals surface area contributed by atoms with E-state index in [4.69, 9.17) is 46.4 Å². The summed E-state index contributed by atoms with van der Waals surface area (Å²) in [5.74, 6) is 0.134. The Morgan fingerprint density at radius 1 is 0.843 bits per heavy atom. The van der Waals surface area contributed by atoms with Crippen LogP contribution >= 0.6 is 58.2 Å². The largest absolute Gasteiger partial charge is 0.344 e. The number of halogens is 4. The average molecular weight is 787 g/mol. The molecule has 4 amide bonds. The van der Waals surface area contributed by atoms with Gasteiger partial charge in [0.05, 0.1) is 32.2 Å². The molecule has 0 aliphatic carbocycles. The summed E-state index contributed by atoms with van der Waals surface area (Å²) in [5.41, 5.74) is 2.96. The molecule has 0 saturated carbocycles. The summed E-state index contributed by atoms with van der Waals surface area (Å²) in [6.45, 7) is 0.0643. The number of carbonyl (C=O) groups excluding carboxylic acids is 4. The number of amides is 4. The molecule has 3 aromatic carbocycles. The first-order valence-electron chi connectivity index (χ1n) is 16.7. The minimum absolute atomic E-state index is 0.0321. The molecule has 266 valence electrons. The second-order valence-electron chi connectivity index (χ2n) is 12.9. The minimum Gasteiger partial charge on any atom is -0.344 e. The molecule has 3 saturated heterocycles. The van der Waals surface area contributed by atoms with Crippen LogP contribution in [0.25, 0.3) is 12.2 Å². The number of benzene rings is 3. The highest BCUT2D eigenvalue weighted by Crippen LogP contribution is 2.33. The van der Waals surface area contributed by atoms with E-state index in [0.29, 0.717) is 54.0 Å². The number of fused-ring (bicyclic) bond motifs is 1. The zero-order valence-electron chi connectivity index (χ0n) is 27.5. The van der Waals surface area contributed by atoms with E-state index in [1.165, 1.54) is 0 Å². The van der Waals surface area contributed by atoms with E-state index in [1.807, 2.05) is 42.1 Å². The molecule has 0 aromatic heterocycles. The lowest BCUT2D eigenvalue weighted by Crippen LogP contribution is -2.52. The summed E-state index contributed by atoms with van der Waals surface area (Å²) >= 11 is 26.7. The lowest BCUT2D eigenvalue weighted by atomic mass is 9.93. The fourth-order valence-corrected chi connectivity index (χ4v) is 8.77. The molecule has 0 bridgehead atoms. The maximum absolute atomic E-state index is 14.4. The molecule has 3 N–H and O–H groups in total.